The van der Waals surface area contributed by atoms with Crippen molar-refractivity contribution in [3.05, 3.63) is 29.6 Å². The van der Waals surface area contributed by atoms with Crippen LogP contribution in [0.4, 0.5) is 14.6 Å². The monoisotopic (exact) mass is 401 g/mol. The molecule has 2 aliphatic carbocycles. The van der Waals surface area contributed by atoms with E-state index in [9.17, 15) is 8.78 Å². The highest BCUT2D eigenvalue weighted by Crippen LogP contribution is 2.59. The van der Waals surface area contributed by atoms with E-state index in [4.69, 9.17) is 15.6 Å². The molecule has 0 bridgehead atoms. The van der Waals surface area contributed by atoms with Crippen LogP contribution in [0, 0.1) is 17.8 Å². The van der Waals surface area contributed by atoms with Crippen LogP contribution in [0.5, 0.6) is 0 Å². The molecule has 154 valence electrons. The molecule has 2 aliphatic heterocycles. The molecule has 0 spiro atoms. The van der Waals surface area contributed by atoms with Crippen molar-refractivity contribution in [3.63, 3.8) is 0 Å². The largest absolute Gasteiger partial charge is 0.383 e. The molecule has 3 atom stereocenters. The number of nitrogens with zero attached hydrogens (tertiary/aromatic N) is 4. The van der Waals surface area contributed by atoms with Crippen molar-refractivity contribution >= 4 is 5.82 Å². The maximum atomic E-state index is 13.3. The van der Waals surface area contributed by atoms with E-state index >= 15 is 0 Å². The van der Waals surface area contributed by atoms with Gasteiger partial charge in [0.25, 0.3) is 6.43 Å². The lowest BCUT2D eigenvalue weighted by atomic mass is 10.1. The first-order valence-corrected chi connectivity index (χ1v) is 10.5. The lowest BCUT2D eigenvalue weighted by Gasteiger charge is -2.35. The Morgan fingerprint density at radius 1 is 1.17 bits per heavy atom. The van der Waals surface area contributed by atoms with Gasteiger partial charge in [-0.2, -0.15) is 5.10 Å². The van der Waals surface area contributed by atoms with E-state index < -0.39 is 6.43 Å². The van der Waals surface area contributed by atoms with Gasteiger partial charge in [-0.25, -0.2) is 13.8 Å². The maximum absolute atomic E-state index is 13.3. The number of ether oxygens (including phenoxy) is 1. The van der Waals surface area contributed by atoms with E-state index in [2.05, 4.69) is 20.6 Å². The van der Waals surface area contributed by atoms with Crippen LogP contribution < -0.4 is 5.73 Å². The Morgan fingerprint density at radius 3 is 2.55 bits per heavy atom. The third kappa shape index (κ3) is 3.04. The summed E-state index contributed by atoms with van der Waals surface area (Å²) in [5.41, 5.74) is 8.01. The molecule has 6 rings (SSSR count). The van der Waals surface area contributed by atoms with Crippen LogP contribution in [0.25, 0.3) is 11.3 Å². The second kappa shape index (κ2) is 6.47. The number of likely N-dealkylation sites (tertiary alicyclic amines) is 1. The lowest BCUT2D eigenvalue weighted by Crippen LogP contribution is -2.48. The van der Waals surface area contributed by atoms with E-state index in [1.807, 2.05) is 0 Å². The topological polar surface area (TPSA) is 69.2 Å². The molecular formula is C21H25F2N5O. The molecule has 1 unspecified atom stereocenters. The highest BCUT2D eigenvalue weighted by molar-refractivity contribution is 5.62. The number of alkyl halides is 2. The second-order valence-corrected chi connectivity index (χ2v) is 9.08. The summed E-state index contributed by atoms with van der Waals surface area (Å²) in [5, 5.41) is 4.82. The van der Waals surface area contributed by atoms with Crippen molar-refractivity contribution in [3.8, 4) is 11.3 Å². The van der Waals surface area contributed by atoms with Crippen LogP contribution in [0.1, 0.15) is 36.4 Å². The average molecular weight is 401 g/mol. The van der Waals surface area contributed by atoms with Crippen molar-refractivity contribution in [2.45, 2.75) is 37.8 Å². The molecular weight excluding hydrogens is 376 g/mol. The number of halogens is 2. The number of piperidine rings is 1. The lowest BCUT2D eigenvalue weighted by molar-refractivity contribution is -0.0610. The summed E-state index contributed by atoms with van der Waals surface area (Å²) < 4.78 is 34.0. The molecule has 4 fully saturated rings. The smallest absolute Gasteiger partial charge is 0.267 e. The van der Waals surface area contributed by atoms with Crippen LogP contribution in [-0.4, -0.2) is 52.0 Å². The van der Waals surface area contributed by atoms with Gasteiger partial charge in [-0.1, -0.05) is 0 Å². The van der Waals surface area contributed by atoms with E-state index in [1.54, 1.807) is 6.20 Å². The Bertz CT molecular complexity index is 927. The van der Waals surface area contributed by atoms with Gasteiger partial charge in [-0.15, -0.1) is 0 Å². The fourth-order valence-corrected chi connectivity index (χ4v) is 5.07. The van der Waals surface area contributed by atoms with Gasteiger partial charge in [0.1, 0.15) is 5.82 Å². The zero-order valence-electron chi connectivity index (χ0n) is 16.2. The Kier molecular flexibility index (Phi) is 3.96. The minimum atomic E-state index is -2.64. The third-order valence-corrected chi connectivity index (χ3v) is 7.12. The predicted molar refractivity (Wildman–Crippen MR) is 103 cm³/mol. The van der Waals surface area contributed by atoms with E-state index in [1.165, 1.54) is 24.6 Å². The summed E-state index contributed by atoms with van der Waals surface area (Å²) in [4.78, 5) is 6.55. The molecule has 2 aromatic heterocycles. The summed E-state index contributed by atoms with van der Waals surface area (Å²) in [6.07, 6.45) is 1.42. The molecule has 8 heteroatoms. The SMILES string of the molecule is Nc1ncc(-c2cc(C3[C@H]4CN(C5COC5)C[C@@H]34)n(CC3CC3)n2)cc1C(F)F. The first kappa shape index (κ1) is 17.8. The molecule has 2 N–H and O–H groups in total. The number of fused-ring (bicyclic) bond motifs is 1. The second-order valence-electron chi connectivity index (χ2n) is 9.08. The third-order valence-electron chi connectivity index (χ3n) is 7.12. The number of anilines is 1. The zero-order valence-corrected chi connectivity index (χ0v) is 16.2. The minimum Gasteiger partial charge on any atom is -0.383 e. The fraction of sp³-hybridized carbons (Fsp3) is 0.619. The molecule has 6 nitrogen and oxygen atoms in total. The number of pyridine rings is 1. The van der Waals surface area contributed by atoms with E-state index in [-0.39, 0.29) is 11.4 Å². The molecule has 2 aromatic rings. The standard InChI is InChI=1S/C21H25F2N5O/c22-20(23)14-3-12(5-25-21(14)24)17-4-18(28(26-17)6-11-1-2-11)19-15-7-27(8-16(15)19)13-9-29-10-13/h3-5,11,13,15-16,19-20H,1-2,6-10H2,(H2,24,25)/t15-,16+,19?. The highest BCUT2D eigenvalue weighted by atomic mass is 19.3. The summed E-state index contributed by atoms with van der Waals surface area (Å²) in [7, 11) is 0. The first-order chi connectivity index (χ1) is 14.1. The van der Waals surface area contributed by atoms with Crippen LogP contribution in [-0.2, 0) is 11.3 Å². The van der Waals surface area contributed by atoms with Crippen molar-refractivity contribution in [1.29, 1.82) is 0 Å². The summed E-state index contributed by atoms with van der Waals surface area (Å²) >= 11 is 0. The number of nitrogens with two attached hydrogens (primary N) is 1. The normalized spacial score (nSPS) is 29.3. The fourth-order valence-electron chi connectivity index (χ4n) is 5.07. The van der Waals surface area contributed by atoms with Gasteiger partial charge in [0, 0.05) is 43.0 Å². The van der Waals surface area contributed by atoms with Crippen LogP contribution in [0.15, 0.2) is 18.3 Å². The molecule has 2 saturated carbocycles. The number of aromatic nitrogens is 3. The number of rotatable bonds is 6. The van der Waals surface area contributed by atoms with Crippen molar-refractivity contribution < 1.29 is 13.5 Å². The van der Waals surface area contributed by atoms with Gasteiger partial charge < -0.3 is 10.5 Å². The van der Waals surface area contributed by atoms with Gasteiger partial charge in [-0.05, 0) is 42.7 Å². The van der Waals surface area contributed by atoms with Gasteiger partial charge in [0.05, 0.1) is 30.5 Å². The van der Waals surface area contributed by atoms with Crippen molar-refractivity contribution in [2.75, 3.05) is 32.0 Å². The molecule has 4 aliphatic rings. The Balaban J connectivity index is 1.28. The number of hydrogen-bond donors (Lipinski definition) is 1. The van der Waals surface area contributed by atoms with Crippen LogP contribution in [0.3, 0.4) is 0 Å². The Morgan fingerprint density at radius 2 is 1.93 bits per heavy atom. The summed E-state index contributed by atoms with van der Waals surface area (Å²) in [6, 6.07) is 4.14. The quantitative estimate of drug-likeness (QED) is 0.806. The molecule has 0 amide bonds. The Hall–Kier alpha value is -2.06. The van der Waals surface area contributed by atoms with Gasteiger partial charge in [0.15, 0.2) is 0 Å². The molecule has 0 aromatic carbocycles. The summed E-state index contributed by atoms with van der Waals surface area (Å²) in [6.45, 7) is 4.92. The average Bonchev–Trinajstić information content (AvgIpc) is 3.49. The number of hydrogen-bond acceptors (Lipinski definition) is 5. The van der Waals surface area contributed by atoms with Gasteiger partial charge in [0.2, 0.25) is 0 Å². The number of nitrogen functional groups attached to an aromatic ring is 1. The van der Waals surface area contributed by atoms with Crippen LogP contribution >= 0.6 is 0 Å². The van der Waals surface area contributed by atoms with E-state index in [0.29, 0.717) is 35.3 Å². The maximum Gasteiger partial charge on any atom is 0.267 e. The van der Waals surface area contributed by atoms with Crippen LogP contribution in [0.2, 0.25) is 0 Å². The predicted octanol–water partition coefficient (Wildman–Crippen LogP) is 2.92. The highest BCUT2D eigenvalue weighted by Gasteiger charge is 2.58. The Labute approximate surface area is 168 Å². The van der Waals surface area contributed by atoms with Crippen molar-refractivity contribution in [2.24, 2.45) is 17.8 Å². The first-order valence-electron chi connectivity index (χ1n) is 10.5. The molecule has 4 heterocycles. The van der Waals surface area contributed by atoms with Gasteiger partial charge in [-0.3, -0.25) is 9.58 Å². The molecule has 0 radical (unpaired) electrons. The molecule has 29 heavy (non-hydrogen) atoms. The molecule has 2 saturated heterocycles. The zero-order chi connectivity index (χ0) is 19.7. The van der Waals surface area contributed by atoms with Crippen molar-refractivity contribution in [1.82, 2.24) is 19.7 Å². The summed E-state index contributed by atoms with van der Waals surface area (Å²) in [5.74, 6) is 2.48. The van der Waals surface area contributed by atoms with Gasteiger partial charge >= 0.3 is 0 Å². The minimum absolute atomic E-state index is 0.113. The van der Waals surface area contributed by atoms with E-state index in [0.717, 1.165) is 38.5 Å².